The van der Waals surface area contributed by atoms with Crippen LogP contribution < -0.4 is 0 Å². The molecule has 0 radical (unpaired) electrons. The molecule has 4 aromatic rings. The molecule has 122 valence electrons. The van der Waals surface area contributed by atoms with Crippen molar-refractivity contribution in [2.75, 3.05) is 0 Å². The zero-order valence-corrected chi connectivity index (χ0v) is 14.1. The van der Waals surface area contributed by atoms with E-state index in [2.05, 4.69) is 0 Å². The summed E-state index contributed by atoms with van der Waals surface area (Å²) in [6, 6.07) is 22.6. The van der Waals surface area contributed by atoms with Gasteiger partial charge in [-0.3, -0.25) is 0 Å². The summed E-state index contributed by atoms with van der Waals surface area (Å²) in [6.45, 7) is 0. The standard InChI is InChI=1S/C21H15ClN2O/c22-15-7-5-6-14(12-15)13-19-21(16-8-1-4-11-20(16)25)24-18-10-3-2-9-17(18)23-19/h1-12,25H,13H2. The van der Waals surface area contributed by atoms with E-state index >= 15 is 0 Å². The summed E-state index contributed by atoms with van der Waals surface area (Å²) in [4.78, 5) is 9.57. The molecule has 0 aliphatic carbocycles. The smallest absolute Gasteiger partial charge is 0.125 e. The predicted octanol–water partition coefficient (Wildman–Crippen LogP) is 5.25. The number of para-hydroxylation sites is 3. The number of phenolic OH excluding ortho intramolecular Hbond substituents is 1. The molecule has 1 aromatic heterocycles. The van der Waals surface area contributed by atoms with E-state index in [1.54, 1.807) is 12.1 Å². The van der Waals surface area contributed by atoms with Crippen LogP contribution in [-0.4, -0.2) is 15.1 Å². The van der Waals surface area contributed by atoms with Gasteiger partial charge >= 0.3 is 0 Å². The van der Waals surface area contributed by atoms with Gasteiger partial charge in [0.05, 0.1) is 22.4 Å². The van der Waals surface area contributed by atoms with Crippen molar-refractivity contribution in [1.29, 1.82) is 0 Å². The Bertz CT molecular complexity index is 1060. The van der Waals surface area contributed by atoms with E-state index in [4.69, 9.17) is 21.6 Å². The van der Waals surface area contributed by atoms with Crippen LogP contribution in [0.3, 0.4) is 0 Å². The Hall–Kier alpha value is -2.91. The van der Waals surface area contributed by atoms with Gasteiger partial charge in [-0.25, -0.2) is 9.97 Å². The summed E-state index contributed by atoms with van der Waals surface area (Å²) in [7, 11) is 0. The SMILES string of the molecule is Oc1ccccc1-c1nc2ccccc2nc1Cc1cccc(Cl)c1. The van der Waals surface area contributed by atoms with Gasteiger partial charge in [-0.15, -0.1) is 0 Å². The fourth-order valence-electron chi connectivity index (χ4n) is 2.89. The van der Waals surface area contributed by atoms with Crippen LogP contribution in [0.15, 0.2) is 72.8 Å². The molecule has 0 unspecified atom stereocenters. The van der Waals surface area contributed by atoms with Crippen LogP contribution in [0.2, 0.25) is 5.02 Å². The van der Waals surface area contributed by atoms with E-state index in [9.17, 15) is 5.11 Å². The number of rotatable bonds is 3. The van der Waals surface area contributed by atoms with Gasteiger partial charge in [-0.1, -0.05) is 48.0 Å². The summed E-state index contributed by atoms with van der Waals surface area (Å²) < 4.78 is 0. The fraction of sp³-hybridized carbons (Fsp3) is 0.0476. The monoisotopic (exact) mass is 346 g/mol. The number of benzene rings is 3. The van der Waals surface area contributed by atoms with Crippen LogP contribution in [0.1, 0.15) is 11.3 Å². The lowest BCUT2D eigenvalue weighted by Gasteiger charge is -2.11. The molecule has 0 aliphatic rings. The molecule has 0 saturated carbocycles. The van der Waals surface area contributed by atoms with E-state index < -0.39 is 0 Å². The third-order valence-corrected chi connectivity index (χ3v) is 4.30. The van der Waals surface area contributed by atoms with Crippen molar-refractivity contribution in [3.05, 3.63) is 89.1 Å². The fourth-order valence-corrected chi connectivity index (χ4v) is 3.10. The molecule has 1 N–H and O–H groups in total. The van der Waals surface area contributed by atoms with Crippen molar-refractivity contribution in [2.24, 2.45) is 0 Å². The molecular formula is C21H15ClN2O. The topological polar surface area (TPSA) is 46.0 Å². The summed E-state index contributed by atoms with van der Waals surface area (Å²) in [5.74, 6) is 0.194. The third-order valence-electron chi connectivity index (χ3n) is 4.06. The highest BCUT2D eigenvalue weighted by molar-refractivity contribution is 6.30. The first kappa shape index (κ1) is 15.6. The number of fused-ring (bicyclic) bond motifs is 1. The van der Waals surface area contributed by atoms with Crippen molar-refractivity contribution >= 4 is 22.6 Å². The van der Waals surface area contributed by atoms with Gasteiger partial charge in [-0.05, 0) is 42.0 Å². The molecule has 1 heterocycles. The van der Waals surface area contributed by atoms with Crippen LogP contribution in [0, 0.1) is 0 Å². The molecule has 0 atom stereocenters. The normalized spacial score (nSPS) is 10.9. The number of halogens is 1. The molecule has 3 nitrogen and oxygen atoms in total. The van der Waals surface area contributed by atoms with E-state index in [1.807, 2.05) is 60.7 Å². The molecule has 0 aliphatic heterocycles. The number of phenols is 1. The molecule has 0 bridgehead atoms. The Morgan fingerprint density at radius 1 is 0.800 bits per heavy atom. The predicted molar refractivity (Wildman–Crippen MR) is 101 cm³/mol. The molecule has 0 fully saturated rings. The first-order chi connectivity index (χ1) is 12.2. The summed E-state index contributed by atoms with van der Waals surface area (Å²) >= 11 is 6.11. The minimum absolute atomic E-state index is 0.194. The van der Waals surface area contributed by atoms with E-state index in [1.165, 1.54) is 0 Å². The summed E-state index contributed by atoms with van der Waals surface area (Å²) in [6.07, 6.45) is 0.585. The maximum Gasteiger partial charge on any atom is 0.125 e. The van der Waals surface area contributed by atoms with Crippen molar-refractivity contribution in [2.45, 2.75) is 6.42 Å². The molecule has 0 saturated heterocycles. The molecule has 3 aromatic carbocycles. The van der Waals surface area contributed by atoms with Gasteiger partial charge in [0.1, 0.15) is 5.75 Å². The Morgan fingerprint density at radius 3 is 2.28 bits per heavy atom. The highest BCUT2D eigenvalue weighted by Crippen LogP contribution is 2.31. The maximum atomic E-state index is 10.3. The first-order valence-corrected chi connectivity index (χ1v) is 8.37. The van der Waals surface area contributed by atoms with Crippen LogP contribution in [0.4, 0.5) is 0 Å². The Morgan fingerprint density at radius 2 is 1.52 bits per heavy atom. The maximum absolute atomic E-state index is 10.3. The van der Waals surface area contributed by atoms with Gasteiger partial charge in [0.25, 0.3) is 0 Å². The highest BCUT2D eigenvalue weighted by Gasteiger charge is 2.14. The zero-order chi connectivity index (χ0) is 17.2. The van der Waals surface area contributed by atoms with Crippen molar-refractivity contribution < 1.29 is 5.11 Å². The lowest BCUT2D eigenvalue weighted by atomic mass is 10.0. The average Bonchev–Trinajstić information content (AvgIpc) is 2.62. The number of nitrogens with zero attached hydrogens (tertiary/aromatic N) is 2. The second kappa shape index (κ2) is 6.54. The molecule has 4 rings (SSSR count). The summed E-state index contributed by atoms with van der Waals surface area (Å²) in [5, 5.41) is 11.0. The average molecular weight is 347 g/mol. The largest absolute Gasteiger partial charge is 0.507 e. The van der Waals surface area contributed by atoms with Crippen LogP contribution >= 0.6 is 11.6 Å². The lowest BCUT2D eigenvalue weighted by molar-refractivity contribution is 0.477. The van der Waals surface area contributed by atoms with Crippen LogP contribution in [0.5, 0.6) is 5.75 Å². The van der Waals surface area contributed by atoms with E-state index in [0.29, 0.717) is 22.7 Å². The highest BCUT2D eigenvalue weighted by atomic mass is 35.5. The van der Waals surface area contributed by atoms with E-state index in [-0.39, 0.29) is 5.75 Å². The van der Waals surface area contributed by atoms with Gasteiger partial charge in [-0.2, -0.15) is 0 Å². The van der Waals surface area contributed by atoms with Crippen molar-refractivity contribution in [3.63, 3.8) is 0 Å². The number of hydrogen-bond acceptors (Lipinski definition) is 3. The zero-order valence-electron chi connectivity index (χ0n) is 13.4. The van der Waals surface area contributed by atoms with Gasteiger partial charge in [0.15, 0.2) is 0 Å². The van der Waals surface area contributed by atoms with Crippen LogP contribution in [0.25, 0.3) is 22.3 Å². The quantitative estimate of drug-likeness (QED) is 0.551. The van der Waals surface area contributed by atoms with Gasteiger partial charge in [0.2, 0.25) is 0 Å². The molecule has 0 amide bonds. The Labute approximate surface area is 150 Å². The minimum atomic E-state index is 0.194. The Balaban J connectivity index is 1.91. The Kier molecular flexibility index (Phi) is 4.08. The molecule has 4 heteroatoms. The number of aromatic hydroxyl groups is 1. The molecular weight excluding hydrogens is 332 g/mol. The van der Waals surface area contributed by atoms with Gasteiger partial charge < -0.3 is 5.11 Å². The first-order valence-electron chi connectivity index (χ1n) is 7.99. The second-order valence-electron chi connectivity index (χ2n) is 5.83. The van der Waals surface area contributed by atoms with E-state index in [0.717, 1.165) is 22.3 Å². The summed E-state index contributed by atoms with van der Waals surface area (Å²) in [5.41, 5.74) is 4.86. The number of hydrogen-bond donors (Lipinski definition) is 1. The van der Waals surface area contributed by atoms with Gasteiger partial charge in [0, 0.05) is 17.0 Å². The van der Waals surface area contributed by atoms with Crippen LogP contribution in [-0.2, 0) is 6.42 Å². The minimum Gasteiger partial charge on any atom is -0.507 e. The molecule has 0 spiro atoms. The number of aromatic nitrogens is 2. The lowest BCUT2D eigenvalue weighted by Crippen LogP contribution is -2.00. The van der Waals surface area contributed by atoms with Crippen molar-refractivity contribution in [3.8, 4) is 17.0 Å². The molecule has 25 heavy (non-hydrogen) atoms. The third kappa shape index (κ3) is 3.19. The second-order valence-corrected chi connectivity index (χ2v) is 6.27. The van der Waals surface area contributed by atoms with Crippen molar-refractivity contribution in [1.82, 2.24) is 9.97 Å².